The van der Waals surface area contributed by atoms with Crippen molar-refractivity contribution in [1.82, 2.24) is 0 Å². The molecule has 1 saturated heterocycles. The first-order chi connectivity index (χ1) is 7.28. The van der Waals surface area contributed by atoms with Crippen molar-refractivity contribution in [2.24, 2.45) is 0 Å². The number of hydrogen-bond acceptors (Lipinski definition) is 2. The molecule has 0 saturated carbocycles. The zero-order chi connectivity index (χ0) is 12.6. The van der Waals surface area contributed by atoms with Crippen LogP contribution in [-0.4, -0.2) is 33.1 Å². The summed E-state index contributed by atoms with van der Waals surface area (Å²) in [6.45, 7) is 3.71. The van der Waals surface area contributed by atoms with E-state index in [4.69, 9.17) is 27.9 Å². The molecule has 16 heavy (non-hydrogen) atoms. The largest absolute Gasteiger partial charge is 0.390 e. The van der Waals surface area contributed by atoms with E-state index in [-0.39, 0.29) is 10.4 Å². The maximum Gasteiger partial charge on any atom is 0.128 e. The van der Waals surface area contributed by atoms with Gasteiger partial charge in [0.15, 0.2) is 0 Å². The zero-order valence-electron chi connectivity index (χ0n) is 9.01. The van der Waals surface area contributed by atoms with Gasteiger partial charge in [0.1, 0.15) is 5.60 Å². The molecule has 1 rings (SSSR count). The summed E-state index contributed by atoms with van der Waals surface area (Å²) in [7, 11) is 0. The van der Waals surface area contributed by atoms with Crippen LogP contribution >= 0.6 is 55.1 Å². The first-order valence-electron chi connectivity index (χ1n) is 4.85. The third kappa shape index (κ3) is 2.78. The topological polar surface area (TPSA) is 29.5 Å². The fraction of sp³-hybridized carbons (Fsp3) is 0.800. The van der Waals surface area contributed by atoms with Crippen molar-refractivity contribution in [2.45, 2.75) is 42.4 Å². The van der Waals surface area contributed by atoms with Crippen LogP contribution in [0.3, 0.4) is 0 Å². The van der Waals surface area contributed by atoms with Gasteiger partial charge in [0.2, 0.25) is 0 Å². The number of halogens is 4. The van der Waals surface area contributed by atoms with Gasteiger partial charge < -0.3 is 9.84 Å². The van der Waals surface area contributed by atoms with Crippen molar-refractivity contribution in [3.63, 3.8) is 0 Å². The van der Waals surface area contributed by atoms with Gasteiger partial charge in [-0.2, -0.15) is 0 Å². The molecule has 0 amide bonds. The summed E-state index contributed by atoms with van der Waals surface area (Å²) < 4.78 is 5.49. The summed E-state index contributed by atoms with van der Waals surface area (Å²) in [5.41, 5.74) is -0.864. The van der Waals surface area contributed by atoms with Crippen LogP contribution in [0.25, 0.3) is 0 Å². The van der Waals surface area contributed by atoms with Gasteiger partial charge in [-0.25, -0.2) is 0 Å². The predicted molar refractivity (Wildman–Crippen MR) is 74.8 cm³/mol. The molecule has 1 aliphatic heterocycles. The molecule has 6 heteroatoms. The minimum Gasteiger partial charge on any atom is -0.390 e. The van der Waals surface area contributed by atoms with Crippen molar-refractivity contribution in [3.8, 4) is 0 Å². The van der Waals surface area contributed by atoms with Gasteiger partial charge in [-0.1, -0.05) is 43.5 Å². The Bertz CT molecular complexity index is 297. The summed E-state index contributed by atoms with van der Waals surface area (Å²) >= 11 is 18.6. The number of aliphatic hydroxyl groups excluding tert-OH is 1. The third-order valence-electron chi connectivity index (χ3n) is 2.96. The number of ether oxygens (including phenoxy) is 1. The maximum absolute atomic E-state index is 10.0. The van der Waals surface area contributed by atoms with Crippen LogP contribution in [0.4, 0.5) is 0 Å². The van der Waals surface area contributed by atoms with E-state index in [2.05, 4.69) is 31.9 Å². The Balaban J connectivity index is 2.90. The fourth-order valence-corrected chi connectivity index (χ4v) is 2.71. The molecule has 1 aliphatic rings. The van der Waals surface area contributed by atoms with E-state index in [0.29, 0.717) is 17.3 Å². The van der Waals surface area contributed by atoms with Crippen molar-refractivity contribution in [2.75, 3.05) is 5.88 Å². The summed E-state index contributed by atoms with van der Waals surface area (Å²) in [4.78, 5) is 1.56. The van der Waals surface area contributed by atoms with Crippen molar-refractivity contribution in [3.05, 3.63) is 10.0 Å². The molecule has 2 nitrogen and oxygen atoms in total. The van der Waals surface area contributed by atoms with Crippen LogP contribution in [-0.2, 0) is 4.74 Å². The average Bonchev–Trinajstić information content (AvgIpc) is 2.56. The molecule has 0 aliphatic carbocycles. The van der Waals surface area contributed by atoms with Crippen molar-refractivity contribution < 1.29 is 9.84 Å². The second-order valence-electron chi connectivity index (χ2n) is 4.33. The van der Waals surface area contributed by atoms with Crippen LogP contribution in [0.1, 0.15) is 20.3 Å². The van der Waals surface area contributed by atoms with Crippen LogP contribution in [0.2, 0.25) is 0 Å². The predicted octanol–water partition coefficient (Wildman–Crippen LogP) is 3.76. The van der Waals surface area contributed by atoms with Gasteiger partial charge in [0.25, 0.3) is 0 Å². The number of rotatable bonds is 3. The Morgan fingerprint density at radius 2 is 2.31 bits per heavy atom. The second-order valence-corrected chi connectivity index (χ2v) is 7.28. The summed E-state index contributed by atoms with van der Waals surface area (Å²) in [6.07, 6.45) is -0.313. The fourth-order valence-electron chi connectivity index (χ4n) is 1.63. The average molecular weight is 397 g/mol. The van der Waals surface area contributed by atoms with Gasteiger partial charge in [0.05, 0.1) is 21.6 Å². The molecule has 0 unspecified atom stereocenters. The molecular formula is C10H14Br2Cl2O2. The lowest BCUT2D eigenvalue weighted by atomic mass is 9.96. The molecular weight excluding hydrogens is 383 g/mol. The van der Waals surface area contributed by atoms with E-state index < -0.39 is 11.7 Å². The first kappa shape index (κ1) is 15.3. The molecule has 4 atom stereocenters. The Kier molecular flexibility index (Phi) is 5.20. The molecule has 0 spiro atoms. The van der Waals surface area contributed by atoms with Gasteiger partial charge in [0, 0.05) is 12.3 Å². The van der Waals surface area contributed by atoms with E-state index in [9.17, 15) is 5.11 Å². The number of aliphatic hydroxyl groups is 1. The Morgan fingerprint density at radius 1 is 1.75 bits per heavy atom. The minimum absolute atomic E-state index is 0.175. The van der Waals surface area contributed by atoms with E-state index in [1.807, 2.05) is 6.92 Å². The highest BCUT2D eigenvalue weighted by molar-refractivity contribution is 9.11. The van der Waals surface area contributed by atoms with Crippen molar-refractivity contribution >= 4 is 55.1 Å². The van der Waals surface area contributed by atoms with Crippen molar-refractivity contribution in [1.29, 1.82) is 0 Å². The van der Waals surface area contributed by atoms with Crippen LogP contribution in [0.5, 0.6) is 0 Å². The Hall–Kier alpha value is 1.20. The van der Waals surface area contributed by atoms with E-state index >= 15 is 0 Å². The summed E-state index contributed by atoms with van der Waals surface area (Å²) in [6, 6.07) is 0. The molecule has 0 bridgehead atoms. The lowest BCUT2D eigenvalue weighted by Crippen LogP contribution is -2.39. The standard InChI is InChI=1S/C10H14Br2Cl2O2/c1-9(12,5-13)8-3-7(15)10(2,16-8)6(14)4-11/h4,7-8,15H,3,5H2,1-2H3/b6-4-/t7-,8+,9+,10+/m0/s1. The third-order valence-corrected chi connectivity index (χ3v) is 5.84. The minimum atomic E-state index is -0.864. The molecule has 1 fully saturated rings. The van der Waals surface area contributed by atoms with E-state index in [0.717, 1.165) is 0 Å². The number of hydrogen-bond donors (Lipinski definition) is 1. The Labute approximate surface area is 123 Å². The lowest BCUT2D eigenvalue weighted by Gasteiger charge is -2.31. The summed E-state index contributed by atoms with van der Waals surface area (Å²) in [5, 5.41) is 10.5. The number of alkyl halides is 2. The zero-order valence-corrected chi connectivity index (χ0v) is 13.7. The van der Waals surface area contributed by atoms with E-state index in [1.54, 1.807) is 11.9 Å². The Morgan fingerprint density at radius 3 is 2.75 bits per heavy atom. The van der Waals surface area contributed by atoms with Gasteiger partial charge >= 0.3 is 0 Å². The van der Waals surface area contributed by atoms with Gasteiger partial charge in [-0.3, -0.25) is 0 Å². The molecule has 94 valence electrons. The quantitative estimate of drug-likeness (QED) is 0.736. The highest BCUT2D eigenvalue weighted by Gasteiger charge is 2.51. The highest BCUT2D eigenvalue weighted by Crippen LogP contribution is 2.44. The molecule has 1 heterocycles. The smallest absolute Gasteiger partial charge is 0.128 e. The highest BCUT2D eigenvalue weighted by atomic mass is 79.9. The second kappa shape index (κ2) is 5.45. The summed E-state index contributed by atoms with van der Waals surface area (Å²) in [5.74, 6) is 0.399. The monoisotopic (exact) mass is 394 g/mol. The van der Waals surface area contributed by atoms with E-state index in [1.165, 1.54) is 0 Å². The SMILES string of the molecule is C[C@@](Br)(CCl)[C@H]1C[C@H](O)[C@@](C)(/C(Cl)=C/Br)O1. The molecule has 0 aromatic heterocycles. The molecule has 1 N–H and O–H groups in total. The van der Waals surface area contributed by atoms with Gasteiger partial charge in [-0.15, -0.1) is 11.6 Å². The molecule has 0 aromatic carbocycles. The van der Waals surface area contributed by atoms with Crippen LogP contribution in [0.15, 0.2) is 10.0 Å². The first-order valence-corrected chi connectivity index (χ1v) is 7.47. The van der Waals surface area contributed by atoms with Crippen LogP contribution in [0, 0.1) is 0 Å². The maximum atomic E-state index is 10.0. The lowest BCUT2D eigenvalue weighted by molar-refractivity contribution is -0.0443. The van der Waals surface area contributed by atoms with Crippen LogP contribution < -0.4 is 0 Å². The molecule has 0 aromatic rings. The molecule has 0 radical (unpaired) electrons. The normalized spacial score (nSPS) is 39.8. The van der Waals surface area contributed by atoms with Gasteiger partial charge in [-0.05, 0) is 18.8 Å².